The molecule has 1 rings (SSSR count). The fourth-order valence-electron chi connectivity index (χ4n) is 1.74. The third-order valence-corrected chi connectivity index (χ3v) is 3.01. The van der Waals surface area contributed by atoms with E-state index in [0.717, 1.165) is 19.4 Å². The molecular weight excluding hydrogens is 261 g/mol. The lowest BCUT2D eigenvalue weighted by Crippen LogP contribution is -2.32. The summed E-state index contributed by atoms with van der Waals surface area (Å²) in [4.78, 5) is 0. The summed E-state index contributed by atoms with van der Waals surface area (Å²) in [6.45, 7) is 3.44. The van der Waals surface area contributed by atoms with E-state index < -0.39 is 11.9 Å². The zero-order valence-electron chi connectivity index (χ0n) is 11.9. The van der Waals surface area contributed by atoms with Gasteiger partial charge in [-0.3, -0.25) is 0 Å². The van der Waals surface area contributed by atoms with E-state index in [1.165, 1.54) is 12.1 Å². The molecule has 2 unspecified atom stereocenters. The molecule has 0 amide bonds. The fourth-order valence-corrected chi connectivity index (χ4v) is 1.74. The fraction of sp³-hybridized carbons (Fsp3) is 0.600. The molecular formula is C15H24FNO3. The highest BCUT2D eigenvalue weighted by molar-refractivity contribution is 5.23. The number of halogens is 1. The minimum atomic E-state index is -0.676. The normalized spacial score (nSPS) is 14.0. The summed E-state index contributed by atoms with van der Waals surface area (Å²) in [6.07, 6.45) is 1.22. The number of rotatable bonds is 10. The number of aliphatic hydroxyl groups is 2. The van der Waals surface area contributed by atoms with E-state index in [0.29, 0.717) is 12.5 Å². The molecule has 0 saturated heterocycles. The van der Waals surface area contributed by atoms with Crippen molar-refractivity contribution in [3.8, 4) is 5.75 Å². The Bertz CT molecular complexity index is 376. The Morgan fingerprint density at radius 2 is 2.10 bits per heavy atom. The highest BCUT2D eigenvalue weighted by Gasteiger charge is 2.07. The monoisotopic (exact) mass is 285 g/mol. The molecule has 20 heavy (non-hydrogen) atoms. The van der Waals surface area contributed by atoms with Gasteiger partial charge in [-0.1, -0.05) is 19.1 Å². The number of hydrogen-bond acceptors (Lipinski definition) is 4. The first-order chi connectivity index (χ1) is 9.63. The maximum absolute atomic E-state index is 13.3. The first-order valence-electron chi connectivity index (χ1n) is 7.00. The first-order valence-corrected chi connectivity index (χ1v) is 7.00. The molecule has 0 aliphatic heterocycles. The van der Waals surface area contributed by atoms with Gasteiger partial charge in [-0.25, -0.2) is 4.39 Å². The average molecular weight is 285 g/mol. The Morgan fingerprint density at radius 1 is 1.35 bits per heavy atom. The number of aliphatic hydroxyl groups excluding tert-OH is 2. The van der Waals surface area contributed by atoms with Gasteiger partial charge in [-0.2, -0.15) is 0 Å². The molecule has 0 saturated carbocycles. The largest absolute Gasteiger partial charge is 0.488 e. The second-order valence-electron chi connectivity index (χ2n) is 5.03. The van der Waals surface area contributed by atoms with Crippen LogP contribution in [0.2, 0.25) is 0 Å². The molecule has 0 radical (unpaired) electrons. The van der Waals surface area contributed by atoms with Crippen molar-refractivity contribution >= 4 is 0 Å². The van der Waals surface area contributed by atoms with Crippen molar-refractivity contribution in [1.82, 2.24) is 5.32 Å². The lowest BCUT2D eigenvalue weighted by atomic mass is 10.1. The topological polar surface area (TPSA) is 61.7 Å². The summed E-state index contributed by atoms with van der Waals surface area (Å²) in [5.74, 6) is 0.0417. The summed E-state index contributed by atoms with van der Waals surface area (Å²) < 4.78 is 18.5. The molecule has 0 bridgehead atoms. The second-order valence-corrected chi connectivity index (χ2v) is 5.03. The zero-order chi connectivity index (χ0) is 14.8. The van der Waals surface area contributed by atoms with Gasteiger partial charge in [-0.15, -0.1) is 0 Å². The van der Waals surface area contributed by atoms with Crippen molar-refractivity contribution in [3.05, 3.63) is 30.1 Å². The SMILES string of the molecule is CC(CO)CCCNCC(O)COc1ccccc1F. The Balaban J connectivity index is 2.09. The zero-order valence-corrected chi connectivity index (χ0v) is 11.9. The van der Waals surface area contributed by atoms with Crippen molar-refractivity contribution in [1.29, 1.82) is 0 Å². The van der Waals surface area contributed by atoms with Crippen LogP contribution in [0.5, 0.6) is 5.75 Å². The smallest absolute Gasteiger partial charge is 0.165 e. The molecule has 1 aromatic carbocycles. The summed E-state index contributed by atoms with van der Waals surface area (Å²) in [7, 11) is 0. The van der Waals surface area contributed by atoms with E-state index >= 15 is 0 Å². The average Bonchev–Trinajstić information content (AvgIpc) is 2.45. The quantitative estimate of drug-likeness (QED) is 0.571. The third-order valence-electron chi connectivity index (χ3n) is 3.01. The van der Waals surface area contributed by atoms with Crippen LogP contribution in [0, 0.1) is 11.7 Å². The van der Waals surface area contributed by atoms with Gasteiger partial charge < -0.3 is 20.3 Å². The second kappa shape index (κ2) is 9.69. The Labute approximate surface area is 119 Å². The number of nitrogens with one attached hydrogen (secondary N) is 1. The predicted molar refractivity (Wildman–Crippen MR) is 76.3 cm³/mol. The molecule has 0 fully saturated rings. The van der Waals surface area contributed by atoms with E-state index in [9.17, 15) is 9.50 Å². The molecule has 5 heteroatoms. The lowest BCUT2D eigenvalue weighted by molar-refractivity contribution is 0.104. The molecule has 0 aliphatic rings. The van der Waals surface area contributed by atoms with Gasteiger partial charge in [0.15, 0.2) is 11.6 Å². The molecule has 3 N–H and O–H groups in total. The molecule has 0 heterocycles. The van der Waals surface area contributed by atoms with E-state index in [1.807, 2.05) is 6.92 Å². The minimum Gasteiger partial charge on any atom is -0.488 e. The molecule has 0 aliphatic carbocycles. The molecule has 114 valence electrons. The van der Waals surface area contributed by atoms with E-state index in [-0.39, 0.29) is 19.0 Å². The van der Waals surface area contributed by atoms with Crippen LogP contribution in [0.1, 0.15) is 19.8 Å². The van der Waals surface area contributed by atoms with Gasteiger partial charge in [-0.05, 0) is 37.4 Å². The predicted octanol–water partition coefficient (Wildman–Crippen LogP) is 1.56. The van der Waals surface area contributed by atoms with Crippen LogP contribution in [-0.2, 0) is 0 Å². The van der Waals surface area contributed by atoms with Gasteiger partial charge >= 0.3 is 0 Å². The van der Waals surface area contributed by atoms with Crippen LogP contribution in [0.15, 0.2) is 24.3 Å². The standard InChI is InChI=1S/C15H24FNO3/c1-12(10-18)5-4-8-17-9-13(19)11-20-15-7-3-2-6-14(15)16/h2-3,6-7,12-13,17-19H,4-5,8-11H2,1H3. The third kappa shape index (κ3) is 6.84. The van der Waals surface area contributed by atoms with E-state index in [2.05, 4.69) is 5.32 Å². The van der Waals surface area contributed by atoms with Gasteiger partial charge in [0.2, 0.25) is 0 Å². The molecule has 4 nitrogen and oxygen atoms in total. The molecule has 1 aromatic rings. The Morgan fingerprint density at radius 3 is 2.80 bits per heavy atom. The van der Waals surface area contributed by atoms with Gasteiger partial charge in [0.25, 0.3) is 0 Å². The highest BCUT2D eigenvalue weighted by Crippen LogP contribution is 2.15. The Kier molecular flexibility index (Phi) is 8.18. The van der Waals surface area contributed by atoms with E-state index in [4.69, 9.17) is 9.84 Å². The van der Waals surface area contributed by atoms with Crippen molar-refractivity contribution in [2.24, 2.45) is 5.92 Å². The van der Waals surface area contributed by atoms with Crippen LogP contribution in [-0.4, -0.2) is 42.6 Å². The van der Waals surface area contributed by atoms with Gasteiger partial charge in [0, 0.05) is 13.2 Å². The van der Waals surface area contributed by atoms with Crippen LogP contribution in [0.4, 0.5) is 4.39 Å². The number of benzene rings is 1. The summed E-state index contributed by atoms with van der Waals surface area (Å²) in [6, 6.07) is 6.13. The van der Waals surface area contributed by atoms with Crippen LogP contribution < -0.4 is 10.1 Å². The summed E-state index contributed by atoms with van der Waals surface area (Å²) in [5.41, 5.74) is 0. The van der Waals surface area contributed by atoms with Gasteiger partial charge in [0.1, 0.15) is 12.7 Å². The van der Waals surface area contributed by atoms with E-state index in [1.54, 1.807) is 12.1 Å². The molecule has 2 atom stereocenters. The van der Waals surface area contributed by atoms with Crippen molar-refractivity contribution in [2.45, 2.75) is 25.9 Å². The number of para-hydroxylation sites is 1. The van der Waals surface area contributed by atoms with Crippen molar-refractivity contribution in [2.75, 3.05) is 26.3 Å². The lowest BCUT2D eigenvalue weighted by Gasteiger charge is -2.14. The van der Waals surface area contributed by atoms with Crippen molar-refractivity contribution in [3.63, 3.8) is 0 Å². The first kappa shape index (κ1) is 16.9. The Hall–Kier alpha value is -1.17. The van der Waals surface area contributed by atoms with Crippen LogP contribution >= 0.6 is 0 Å². The summed E-state index contributed by atoms with van der Waals surface area (Å²) >= 11 is 0. The van der Waals surface area contributed by atoms with Crippen LogP contribution in [0.3, 0.4) is 0 Å². The molecule has 0 aromatic heterocycles. The van der Waals surface area contributed by atoms with Crippen LogP contribution in [0.25, 0.3) is 0 Å². The summed E-state index contributed by atoms with van der Waals surface area (Å²) in [5, 5.41) is 21.7. The maximum Gasteiger partial charge on any atom is 0.165 e. The maximum atomic E-state index is 13.3. The number of ether oxygens (including phenoxy) is 1. The van der Waals surface area contributed by atoms with Crippen molar-refractivity contribution < 1.29 is 19.3 Å². The minimum absolute atomic E-state index is 0.0565. The van der Waals surface area contributed by atoms with Gasteiger partial charge in [0.05, 0.1) is 0 Å². The number of hydrogen-bond donors (Lipinski definition) is 3. The molecule has 0 spiro atoms. The highest BCUT2D eigenvalue weighted by atomic mass is 19.1.